The highest BCUT2D eigenvalue weighted by Crippen LogP contribution is 2.30. The third kappa shape index (κ3) is 5.89. The van der Waals surface area contributed by atoms with Crippen molar-refractivity contribution in [1.29, 1.82) is 5.26 Å². The maximum Gasteiger partial charge on any atom is 0.416 e. The lowest BCUT2D eigenvalue weighted by molar-refractivity contribution is -0.137. The summed E-state index contributed by atoms with van der Waals surface area (Å²) < 4.78 is 64.9. The molecule has 158 valence electrons. The van der Waals surface area contributed by atoms with Crippen LogP contribution in [-0.4, -0.2) is 5.71 Å². The summed E-state index contributed by atoms with van der Waals surface area (Å²) >= 11 is 0. The minimum Gasteiger partial charge on any atom is -0.278 e. The van der Waals surface area contributed by atoms with Crippen LogP contribution in [0.1, 0.15) is 34.2 Å². The van der Waals surface area contributed by atoms with Crippen LogP contribution in [0.15, 0.2) is 77.9 Å². The second-order valence-electron chi connectivity index (χ2n) is 6.66. The Bertz CT molecular complexity index is 1100. The van der Waals surface area contributed by atoms with Gasteiger partial charge in [0.15, 0.2) is 0 Å². The van der Waals surface area contributed by atoms with Gasteiger partial charge >= 0.3 is 6.18 Å². The quantitative estimate of drug-likeness (QED) is 0.274. The molecular formula is C23H16F5N3. The van der Waals surface area contributed by atoms with Crippen molar-refractivity contribution >= 4 is 11.4 Å². The van der Waals surface area contributed by atoms with Gasteiger partial charge < -0.3 is 0 Å². The molecular weight excluding hydrogens is 413 g/mol. The molecule has 0 unspecified atom stereocenters. The lowest BCUT2D eigenvalue weighted by atomic mass is 9.99. The highest BCUT2D eigenvalue weighted by molar-refractivity contribution is 6.02. The van der Waals surface area contributed by atoms with E-state index in [9.17, 15) is 22.0 Å². The maximum atomic E-state index is 13.1. The third-order valence-corrected chi connectivity index (χ3v) is 4.46. The first-order chi connectivity index (χ1) is 14.8. The van der Waals surface area contributed by atoms with E-state index in [1.165, 1.54) is 36.4 Å². The fourth-order valence-corrected chi connectivity index (χ4v) is 2.81. The first-order valence-corrected chi connectivity index (χ1v) is 9.13. The van der Waals surface area contributed by atoms with Gasteiger partial charge in [0.2, 0.25) is 0 Å². The predicted octanol–water partition coefficient (Wildman–Crippen LogP) is 6.57. The average molecular weight is 429 g/mol. The molecule has 3 aromatic rings. The Labute approximate surface area is 175 Å². The molecule has 0 radical (unpaired) electrons. The minimum atomic E-state index is -4.51. The Morgan fingerprint density at radius 2 is 1.65 bits per heavy atom. The molecule has 0 heterocycles. The van der Waals surface area contributed by atoms with Gasteiger partial charge in [0.1, 0.15) is 0 Å². The summed E-state index contributed by atoms with van der Waals surface area (Å²) in [5.41, 5.74) is 3.95. The van der Waals surface area contributed by atoms with Gasteiger partial charge in [0.25, 0.3) is 6.43 Å². The lowest BCUT2D eigenvalue weighted by Crippen LogP contribution is -2.11. The SMILES string of the molecule is N#Cc1ccc(C/C(=N/Nc2ccc(C(F)F)cc2)c2cccc(C(F)(F)F)c2)cc1. The van der Waals surface area contributed by atoms with Gasteiger partial charge in [-0.05, 0) is 47.5 Å². The number of nitrogens with zero attached hydrogens (tertiary/aromatic N) is 2. The molecule has 0 spiro atoms. The second kappa shape index (κ2) is 9.39. The molecule has 8 heteroatoms. The molecule has 0 fully saturated rings. The normalized spacial score (nSPS) is 12.0. The van der Waals surface area contributed by atoms with Crippen molar-refractivity contribution in [1.82, 2.24) is 0 Å². The van der Waals surface area contributed by atoms with Crippen molar-refractivity contribution in [3.63, 3.8) is 0 Å². The maximum absolute atomic E-state index is 13.1. The highest BCUT2D eigenvalue weighted by Gasteiger charge is 2.30. The molecule has 0 saturated heterocycles. The van der Waals surface area contributed by atoms with E-state index in [2.05, 4.69) is 10.5 Å². The number of nitrogens with one attached hydrogen (secondary N) is 1. The Morgan fingerprint density at radius 1 is 0.968 bits per heavy atom. The number of hydrazone groups is 1. The van der Waals surface area contributed by atoms with E-state index in [4.69, 9.17) is 5.26 Å². The number of benzene rings is 3. The second-order valence-corrected chi connectivity index (χ2v) is 6.66. The molecule has 0 saturated carbocycles. The van der Waals surface area contributed by atoms with E-state index in [1.807, 2.05) is 6.07 Å². The van der Waals surface area contributed by atoms with E-state index in [-0.39, 0.29) is 17.5 Å². The number of halogens is 5. The lowest BCUT2D eigenvalue weighted by Gasteiger charge is -2.12. The molecule has 0 aliphatic rings. The van der Waals surface area contributed by atoms with Gasteiger partial charge in [-0.3, -0.25) is 5.43 Å². The fourth-order valence-electron chi connectivity index (χ4n) is 2.81. The standard InChI is InChI=1S/C23H16F5N3/c24-22(25)17-8-10-20(11-9-17)30-31-21(12-15-4-6-16(14-29)7-5-15)18-2-1-3-19(13-18)23(26,27)28/h1-11,13,22,30H,12H2/b31-21-. The van der Waals surface area contributed by atoms with Crippen molar-refractivity contribution in [3.05, 3.63) is 101 Å². The number of alkyl halides is 5. The molecule has 1 N–H and O–H groups in total. The van der Waals surface area contributed by atoms with Gasteiger partial charge in [0.05, 0.1) is 28.6 Å². The monoisotopic (exact) mass is 429 g/mol. The fraction of sp³-hybridized carbons (Fsp3) is 0.130. The molecule has 31 heavy (non-hydrogen) atoms. The van der Waals surface area contributed by atoms with Crippen LogP contribution in [0.4, 0.5) is 27.6 Å². The largest absolute Gasteiger partial charge is 0.416 e. The molecule has 0 aliphatic heterocycles. The highest BCUT2D eigenvalue weighted by atomic mass is 19.4. The van der Waals surface area contributed by atoms with Crippen molar-refractivity contribution in [2.24, 2.45) is 5.10 Å². The molecule has 0 aliphatic carbocycles. The number of hydrogen-bond acceptors (Lipinski definition) is 3. The van der Waals surface area contributed by atoms with Gasteiger partial charge in [-0.25, -0.2) is 8.78 Å². The van der Waals surface area contributed by atoms with Crippen LogP contribution in [0, 0.1) is 11.3 Å². The van der Waals surface area contributed by atoms with Crippen LogP contribution in [0.25, 0.3) is 0 Å². The molecule has 3 rings (SSSR count). The van der Waals surface area contributed by atoms with E-state index >= 15 is 0 Å². The van der Waals surface area contributed by atoms with Crippen molar-refractivity contribution in [2.75, 3.05) is 5.43 Å². The zero-order chi connectivity index (χ0) is 22.4. The van der Waals surface area contributed by atoms with Crippen LogP contribution in [0.3, 0.4) is 0 Å². The minimum absolute atomic E-state index is 0.148. The number of rotatable bonds is 6. The van der Waals surface area contributed by atoms with E-state index in [0.717, 1.165) is 17.7 Å². The summed E-state index contributed by atoms with van der Waals surface area (Å²) in [5.74, 6) is 0. The first-order valence-electron chi connectivity index (χ1n) is 9.13. The molecule has 0 amide bonds. The van der Waals surface area contributed by atoms with Crippen molar-refractivity contribution in [2.45, 2.75) is 19.0 Å². The third-order valence-electron chi connectivity index (χ3n) is 4.46. The van der Waals surface area contributed by atoms with Crippen LogP contribution < -0.4 is 5.43 Å². The Balaban J connectivity index is 1.93. The molecule has 3 nitrogen and oxygen atoms in total. The topological polar surface area (TPSA) is 48.2 Å². The van der Waals surface area contributed by atoms with Crippen LogP contribution in [-0.2, 0) is 12.6 Å². The number of anilines is 1. The number of hydrogen-bond donors (Lipinski definition) is 1. The molecule has 0 atom stereocenters. The summed E-state index contributed by atoms with van der Waals surface area (Å²) in [6.07, 6.45) is -6.92. The van der Waals surface area contributed by atoms with Gasteiger partial charge in [-0.15, -0.1) is 0 Å². The smallest absolute Gasteiger partial charge is 0.278 e. The summed E-state index contributed by atoms with van der Waals surface area (Å²) in [5, 5.41) is 13.2. The van der Waals surface area contributed by atoms with E-state index in [1.54, 1.807) is 24.3 Å². The van der Waals surface area contributed by atoms with Crippen LogP contribution in [0.2, 0.25) is 0 Å². The summed E-state index contributed by atoms with van der Waals surface area (Å²) in [6, 6.07) is 18.7. The summed E-state index contributed by atoms with van der Waals surface area (Å²) in [6.45, 7) is 0. The van der Waals surface area contributed by atoms with E-state index < -0.39 is 18.2 Å². The average Bonchev–Trinajstić information content (AvgIpc) is 2.77. The van der Waals surface area contributed by atoms with Crippen LogP contribution >= 0.6 is 0 Å². The predicted molar refractivity (Wildman–Crippen MR) is 108 cm³/mol. The van der Waals surface area contributed by atoms with Gasteiger partial charge in [-0.2, -0.15) is 23.5 Å². The zero-order valence-electron chi connectivity index (χ0n) is 16.0. The van der Waals surface area contributed by atoms with Crippen molar-refractivity contribution < 1.29 is 22.0 Å². The Kier molecular flexibility index (Phi) is 6.65. The molecule has 3 aromatic carbocycles. The molecule has 0 aromatic heterocycles. The zero-order valence-corrected chi connectivity index (χ0v) is 16.0. The van der Waals surface area contributed by atoms with E-state index in [0.29, 0.717) is 17.0 Å². The molecule has 0 bridgehead atoms. The van der Waals surface area contributed by atoms with Gasteiger partial charge in [0, 0.05) is 12.0 Å². The first kappa shape index (κ1) is 22.0. The van der Waals surface area contributed by atoms with Crippen molar-refractivity contribution in [3.8, 4) is 6.07 Å². The summed E-state index contributed by atoms with van der Waals surface area (Å²) in [4.78, 5) is 0. The Hall–Kier alpha value is -3.73. The van der Waals surface area contributed by atoms with Crippen LogP contribution in [0.5, 0.6) is 0 Å². The Morgan fingerprint density at radius 3 is 2.23 bits per heavy atom. The van der Waals surface area contributed by atoms with Gasteiger partial charge in [-0.1, -0.05) is 36.4 Å². The summed E-state index contributed by atoms with van der Waals surface area (Å²) in [7, 11) is 0. The number of nitriles is 1.